The number of aromatic nitrogens is 3. The van der Waals surface area contributed by atoms with Crippen molar-refractivity contribution in [3.8, 4) is 5.75 Å². The Morgan fingerprint density at radius 2 is 2.00 bits per heavy atom. The van der Waals surface area contributed by atoms with Crippen LogP contribution in [0.1, 0.15) is 10.4 Å². The number of thiazole rings is 1. The summed E-state index contributed by atoms with van der Waals surface area (Å²) in [4.78, 5) is 20.3. The van der Waals surface area contributed by atoms with Gasteiger partial charge in [-0.2, -0.15) is 4.40 Å². The van der Waals surface area contributed by atoms with Gasteiger partial charge in [-0.3, -0.25) is 5.32 Å². The molecule has 4 rings (SSSR count). The zero-order chi connectivity index (χ0) is 18.3. The van der Waals surface area contributed by atoms with E-state index in [1.54, 1.807) is 19.2 Å². The van der Waals surface area contributed by atoms with Gasteiger partial charge in [0.15, 0.2) is 0 Å². The molecule has 0 fully saturated rings. The predicted octanol–water partition coefficient (Wildman–Crippen LogP) is 2.46. The van der Waals surface area contributed by atoms with E-state index >= 15 is 0 Å². The molecule has 0 unspecified atom stereocenters. The molecule has 0 saturated carbocycles. The van der Waals surface area contributed by atoms with Gasteiger partial charge in [-0.05, 0) is 36.4 Å². The lowest BCUT2D eigenvalue weighted by atomic mass is 10.2. The molecule has 0 spiro atoms. The molecule has 26 heavy (non-hydrogen) atoms. The molecule has 0 aliphatic carbocycles. The van der Waals surface area contributed by atoms with E-state index in [0.717, 1.165) is 16.0 Å². The number of nitrogen functional groups attached to an aromatic ring is 1. The maximum Gasteiger partial charge on any atom is 0.362 e. The molecule has 0 saturated heterocycles. The Morgan fingerprint density at radius 3 is 2.69 bits per heavy atom. The van der Waals surface area contributed by atoms with E-state index in [0.29, 0.717) is 16.6 Å². The molecule has 4 N–H and O–H groups in total. The van der Waals surface area contributed by atoms with Crippen molar-refractivity contribution < 1.29 is 19.0 Å². The van der Waals surface area contributed by atoms with Gasteiger partial charge in [0.1, 0.15) is 11.3 Å². The number of fused-ring (bicyclic) bond motifs is 3. The third kappa shape index (κ3) is 2.74. The van der Waals surface area contributed by atoms with E-state index in [9.17, 15) is 4.79 Å². The van der Waals surface area contributed by atoms with Crippen molar-refractivity contribution in [2.24, 2.45) is 0 Å². The molecule has 0 atom stereocenters. The number of aromatic carboxylic acids is 1. The Hall–Kier alpha value is -3.46. The number of carboxylic acids is 1. The van der Waals surface area contributed by atoms with Gasteiger partial charge in [0.25, 0.3) is 0 Å². The second kappa shape index (κ2) is 6.12. The molecule has 0 amide bonds. The maximum absolute atomic E-state index is 11.0. The van der Waals surface area contributed by atoms with Gasteiger partial charge >= 0.3 is 22.8 Å². The molecule has 8 nitrogen and oxygen atoms in total. The first kappa shape index (κ1) is 16.0. The van der Waals surface area contributed by atoms with Crippen molar-refractivity contribution in [3.63, 3.8) is 0 Å². The first-order valence-electron chi connectivity index (χ1n) is 7.61. The average Bonchev–Trinajstić information content (AvgIpc) is 2.99. The number of anilines is 3. The van der Waals surface area contributed by atoms with Crippen LogP contribution in [-0.4, -0.2) is 28.2 Å². The first-order valence-corrected chi connectivity index (χ1v) is 8.43. The molecule has 0 aliphatic heterocycles. The van der Waals surface area contributed by atoms with Crippen LogP contribution >= 0.6 is 11.3 Å². The number of nitrogens with one attached hydrogen (secondary N) is 1. The minimum absolute atomic E-state index is 0.146. The topological polar surface area (TPSA) is 114 Å². The molecule has 130 valence electrons. The summed E-state index contributed by atoms with van der Waals surface area (Å²) in [5, 5.41) is 12.2. The molecule has 2 heterocycles. The summed E-state index contributed by atoms with van der Waals surface area (Å²) in [6.07, 6.45) is 0. The number of methoxy groups -OCH3 is 1. The number of carbonyl (C=O) groups is 1. The monoisotopic (exact) mass is 368 g/mol. The molecule has 9 heteroatoms. The second-order valence-corrected chi connectivity index (χ2v) is 6.48. The van der Waals surface area contributed by atoms with E-state index in [1.807, 2.05) is 22.6 Å². The third-order valence-corrected chi connectivity index (χ3v) is 4.83. The van der Waals surface area contributed by atoms with Gasteiger partial charge in [0, 0.05) is 6.07 Å². The van der Waals surface area contributed by atoms with Gasteiger partial charge in [0.05, 0.1) is 23.1 Å². The van der Waals surface area contributed by atoms with E-state index in [2.05, 4.69) is 15.3 Å². The zero-order valence-corrected chi connectivity index (χ0v) is 14.4. The van der Waals surface area contributed by atoms with Gasteiger partial charge in [-0.25, -0.2) is 4.79 Å². The largest absolute Gasteiger partial charge is 0.497 e. The lowest BCUT2D eigenvalue weighted by Gasteiger charge is -2.03. The van der Waals surface area contributed by atoms with E-state index < -0.39 is 5.97 Å². The maximum atomic E-state index is 11.0. The Morgan fingerprint density at radius 1 is 1.23 bits per heavy atom. The van der Waals surface area contributed by atoms with Crippen molar-refractivity contribution in [2.75, 3.05) is 18.2 Å². The number of benzene rings is 2. The number of hydrogen-bond donors (Lipinski definition) is 3. The predicted molar refractivity (Wildman–Crippen MR) is 98.2 cm³/mol. The molecule has 0 bridgehead atoms. The SMILES string of the molecule is COc1ccc2c(c1)sc1nc(N)nc(Nc3ccc(C(=O)O)cc3)[n+]12. The van der Waals surface area contributed by atoms with Crippen molar-refractivity contribution in [3.05, 3.63) is 48.0 Å². The van der Waals surface area contributed by atoms with Gasteiger partial charge in [-0.1, -0.05) is 21.3 Å². The second-order valence-electron chi connectivity index (χ2n) is 5.47. The van der Waals surface area contributed by atoms with Crippen LogP contribution in [-0.2, 0) is 0 Å². The molecular weight excluding hydrogens is 354 g/mol. The highest BCUT2D eigenvalue weighted by molar-refractivity contribution is 7.22. The van der Waals surface area contributed by atoms with Crippen LogP contribution in [0.3, 0.4) is 0 Å². The third-order valence-electron chi connectivity index (χ3n) is 3.83. The molecule has 0 aliphatic rings. The lowest BCUT2D eigenvalue weighted by Crippen LogP contribution is -2.27. The summed E-state index contributed by atoms with van der Waals surface area (Å²) in [7, 11) is 1.62. The summed E-state index contributed by atoms with van der Waals surface area (Å²) in [5.74, 6) is 0.418. The molecule has 4 aromatic rings. The Labute approximate surface area is 151 Å². The van der Waals surface area contributed by atoms with Crippen LogP contribution < -0.4 is 20.2 Å². The Bertz CT molecular complexity index is 1140. The standard InChI is InChI=1S/C17H13N5O3S/c1-25-11-6-7-12-13(8-11)26-17-21-15(18)20-16(22(12)17)19-10-4-2-9(3-5-10)14(23)24/h2-8H,1H3,(H3,18,19,20,23,24)/p+1. The number of carboxylic acid groups (broad SMARTS) is 1. The van der Waals surface area contributed by atoms with Crippen LogP contribution in [0.5, 0.6) is 5.75 Å². The number of hydrogen-bond acceptors (Lipinski definition) is 7. The fourth-order valence-corrected chi connectivity index (χ4v) is 3.65. The summed E-state index contributed by atoms with van der Waals surface area (Å²) in [6.45, 7) is 0. The van der Waals surface area contributed by atoms with E-state index in [1.165, 1.54) is 23.5 Å². The van der Waals surface area contributed by atoms with E-state index in [4.69, 9.17) is 15.6 Å². The molecule has 2 aromatic heterocycles. The summed E-state index contributed by atoms with van der Waals surface area (Å²) < 4.78 is 8.11. The smallest absolute Gasteiger partial charge is 0.362 e. The first-order chi connectivity index (χ1) is 12.5. The number of rotatable bonds is 4. The highest BCUT2D eigenvalue weighted by atomic mass is 32.1. The normalized spacial score (nSPS) is 11.0. The highest BCUT2D eigenvalue weighted by Crippen LogP contribution is 2.27. The van der Waals surface area contributed by atoms with Crippen LogP contribution in [0.2, 0.25) is 0 Å². The summed E-state index contributed by atoms with van der Waals surface area (Å²) in [6, 6.07) is 12.1. The van der Waals surface area contributed by atoms with Crippen molar-refractivity contribution in [1.82, 2.24) is 9.97 Å². The quantitative estimate of drug-likeness (QED) is 0.474. The number of ether oxygens (including phenoxy) is 1. The number of nitrogens with zero attached hydrogens (tertiary/aromatic N) is 3. The van der Waals surface area contributed by atoms with Crippen molar-refractivity contribution in [1.29, 1.82) is 0 Å². The van der Waals surface area contributed by atoms with Gasteiger partial charge in [-0.15, -0.1) is 0 Å². The fourth-order valence-electron chi connectivity index (χ4n) is 2.60. The van der Waals surface area contributed by atoms with Crippen LogP contribution in [0.4, 0.5) is 17.6 Å². The number of nitrogens with two attached hydrogens (primary N) is 1. The zero-order valence-electron chi connectivity index (χ0n) is 13.6. The summed E-state index contributed by atoms with van der Waals surface area (Å²) in [5.41, 5.74) is 7.66. The van der Waals surface area contributed by atoms with Gasteiger partial charge < -0.3 is 15.6 Å². The van der Waals surface area contributed by atoms with Crippen LogP contribution in [0.15, 0.2) is 42.5 Å². The fraction of sp³-hybridized carbons (Fsp3) is 0.0588. The van der Waals surface area contributed by atoms with Gasteiger partial charge in [0.2, 0.25) is 0 Å². The van der Waals surface area contributed by atoms with Crippen LogP contribution in [0.25, 0.3) is 15.2 Å². The van der Waals surface area contributed by atoms with Crippen molar-refractivity contribution in [2.45, 2.75) is 0 Å². The minimum atomic E-state index is -0.975. The summed E-state index contributed by atoms with van der Waals surface area (Å²) >= 11 is 1.47. The van der Waals surface area contributed by atoms with Crippen LogP contribution in [0, 0.1) is 0 Å². The lowest BCUT2D eigenvalue weighted by molar-refractivity contribution is -0.467. The molecular formula is C17H14N5O3S+. The molecule has 0 radical (unpaired) electrons. The highest BCUT2D eigenvalue weighted by Gasteiger charge is 2.20. The van der Waals surface area contributed by atoms with Crippen molar-refractivity contribution >= 4 is 50.1 Å². The van der Waals surface area contributed by atoms with E-state index in [-0.39, 0.29) is 11.5 Å². The minimum Gasteiger partial charge on any atom is -0.497 e. The Balaban J connectivity index is 1.84. The molecule has 2 aromatic carbocycles. The Kier molecular flexibility index (Phi) is 3.77. The average molecular weight is 368 g/mol.